The monoisotopic (exact) mass is 343 g/mol. The van der Waals surface area contributed by atoms with E-state index in [9.17, 15) is 14.3 Å². The average molecular weight is 344 g/mol. The fraction of sp³-hybridized carbons (Fsp3) is 0.533. The van der Waals surface area contributed by atoms with Crippen LogP contribution in [0, 0.1) is 5.82 Å². The second kappa shape index (κ2) is 6.22. The summed E-state index contributed by atoms with van der Waals surface area (Å²) in [6.45, 7) is 2.84. The van der Waals surface area contributed by atoms with E-state index in [2.05, 4.69) is 15.9 Å². The van der Waals surface area contributed by atoms with Gasteiger partial charge in [0.2, 0.25) is 5.91 Å². The third-order valence-corrected chi connectivity index (χ3v) is 4.42. The zero-order valence-corrected chi connectivity index (χ0v) is 13.1. The summed E-state index contributed by atoms with van der Waals surface area (Å²) in [5, 5.41) is 10.0. The van der Waals surface area contributed by atoms with Gasteiger partial charge in [0.1, 0.15) is 5.82 Å². The summed E-state index contributed by atoms with van der Waals surface area (Å²) >= 11 is 3.36. The average Bonchev–Trinajstić information content (AvgIpc) is 2.38. The summed E-state index contributed by atoms with van der Waals surface area (Å²) in [4.78, 5) is 13.9. The molecule has 0 aliphatic carbocycles. The van der Waals surface area contributed by atoms with Crippen LogP contribution in [0.3, 0.4) is 0 Å². The molecule has 0 bridgehead atoms. The van der Waals surface area contributed by atoms with Crippen LogP contribution in [-0.4, -0.2) is 34.6 Å². The Balaban J connectivity index is 1.93. The zero-order chi connectivity index (χ0) is 14.8. The van der Waals surface area contributed by atoms with E-state index in [0.717, 1.165) is 22.9 Å². The van der Waals surface area contributed by atoms with Crippen molar-refractivity contribution in [2.75, 3.05) is 13.1 Å². The number of nitrogens with zero attached hydrogens (tertiary/aromatic N) is 1. The van der Waals surface area contributed by atoms with E-state index in [-0.39, 0.29) is 11.7 Å². The second-order valence-electron chi connectivity index (χ2n) is 5.65. The van der Waals surface area contributed by atoms with Gasteiger partial charge in [-0.15, -0.1) is 0 Å². The molecule has 1 N–H and O–H groups in total. The summed E-state index contributed by atoms with van der Waals surface area (Å²) in [5.74, 6) is -0.280. The van der Waals surface area contributed by atoms with Crippen LogP contribution in [0.1, 0.15) is 31.7 Å². The van der Waals surface area contributed by atoms with E-state index in [1.165, 1.54) is 12.1 Å². The number of hydrogen-bond donors (Lipinski definition) is 1. The first-order valence-corrected chi connectivity index (χ1v) is 7.61. The first-order valence-electron chi connectivity index (χ1n) is 6.81. The summed E-state index contributed by atoms with van der Waals surface area (Å²) in [5.41, 5.74) is 0.00925. The van der Waals surface area contributed by atoms with Gasteiger partial charge >= 0.3 is 0 Å². The van der Waals surface area contributed by atoms with Gasteiger partial charge in [0.15, 0.2) is 0 Å². The molecule has 1 atom stereocenters. The molecule has 1 aromatic carbocycles. The number of benzene rings is 1. The smallest absolute Gasteiger partial charge is 0.222 e. The maximum atomic E-state index is 13.2. The Labute approximate surface area is 126 Å². The number of carbonyl (C=O) groups excluding carboxylic acids is 1. The zero-order valence-electron chi connectivity index (χ0n) is 11.5. The van der Waals surface area contributed by atoms with Crippen LogP contribution >= 0.6 is 15.9 Å². The summed E-state index contributed by atoms with van der Waals surface area (Å²) in [6, 6.07) is 4.49. The van der Waals surface area contributed by atoms with Crippen molar-refractivity contribution in [2.24, 2.45) is 0 Å². The number of aryl methyl sites for hydroxylation is 1. The lowest BCUT2D eigenvalue weighted by atomic mass is 9.95. The van der Waals surface area contributed by atoms with E-state index in [1.807, 2.05) is 0 Å². The Hall–Kier alpha value is -0.940. The van der Waals surface area contributed by atoms with Crippen molar-refractivity contribution in [3.63, 3.8) is 0 Å². The minimum Gasteiger partial charge on any atom is -0.388 e. The molecule has 1 aliphatic heterocycles. The largest absolute Gasteiger partial charge is 0.388 e. The number of likely N-dealkylation sites (tertiary alicyclic amines) is 1. The van der Waals surface area contributed by atoms with Gasteiger partial charge in [0.05, 0.1) is 5.60 Å². The van der Waals surface area contributed by atoms with Crippen molar-refractivity contribution < 1.29 is 14.3 Å². The summed E-state index contributed by atoms with van der Waals surface area (Å²) in [6.07, 6.45) is 2.38. The fourth-order valence-electron chi connectivity index (χ4n) is 2.57. The molecule has 3 nitrogen and oxygen atoms in total. The predicted molar refractivity (Wildman–Crippen MR) is 78.9 cm³/mol. The molecular formula is C15H19BrFNO2. The SMILES string of the molecule is C[C@@]1(O)CCCN(C(=O)CCc2cc(F)ccc2Br)C1. The lowest BCUT2D eigenvalue weighted by molar-refractivity contribution is -0.137. The lowest BCUT2D eigenvalue weighted by Crippen LogP contribution is -2.48. The topological polar surface area (TPSA) is 40.5 Å². The van der Waals surface area contributed by atoms with Crippen LogP contribution in [0.25, 0.3) is 0 Å². The Morgan fingerprint density at radius 1 is 1.55 bits per heavy atom. The van der Waals surface area contributed by atoms with Crippen LogP contribution in [0.2, 0.25) is 0 Å². The highest BCUT2D eigenvalue weighted by molar-refractivity contribution is 9.10. The number of halogens is 2. The van der Waals surface area contributed by atoms with Crippen LogP contribution in [0.15, 0.2) is 22.7 Å². The molecule has 1 amide bonds. The number of carbonyl (C=O) groups is 1. The first kappa shape index (κ1) is 15.4. The standard InChI is InChI=1S/C15H19BrFNO2/c1-15(20)7-2-8-18(10-15)14(19)6-3-11-9-12(17)4-5-13(11)16/h4-5,9,20H,2-3,6-8,10H2,1H3/t15-/m1/s1. The van der Waals surface area contributed by atoms with Crippen molar-refractivity contribution in [1.29, 1.82) is 0 Å². The van der Waals surface area contributed by atoms with E-state index < -0.39 is 5.60 Å². The molecule has 0 unspecified atom stereocenters. The molecule has 1 saturated heterocycles. The molecular weight excluding hydrogens is 325 g/mol. The molecule has 20 heavy (non-hydrogen) atoms. The molecule has 0 saturated carbocycles. The summed E-state index contributed by atoms with van der Waals surface area (Å²) in [7, 11) is 0. The molecule has 0 aromatic heterocycles. The number of amides is 1. The number of hydrogen-bond acceptors (Lipinski definition) is 2. The van der Waals surface area contributed by atoms with Gasteiger partial charge < -0.3 is 10.0 Å². The van der Waals surface area contributed by atoms with Gasteiger partial charge in [-0.05, 0) is 49.9 Å². The molecule has 1 aromatic rings. The van der Waals surface area contributed by atoms with E-state index in [4.69, 9.17) is 0 Å². The fourth-order valence-corrected chi connectivity index (χ4v) is 3.01. The highest BCUT2D eigenvalue weighted by Gasteiger charge is 2.30. The van der Waals surface area contributed by atoms with Crippen LogP contribution in [-0.2, 0) is 11.2 Å². The Bertz CT molecular complexity index is 505. The minimum atomic E-state index is -0.784. The quantitative estimate of drug-likeness (QED) is 0.916. The third kappa shape index (κ3) is 4.03. The molecule has 0 spiro atoms. The lowest BCUT2D eigenvalue weighted by Gasteiger charge is -2.36. The van der Waals surface area contributed by atoms with Gasteiger partial charge in [0.25, 0.3) is 0 Å². The maximum Gasteiger partial charge on any atom is 0.222 e. The molecule has 0 radical (unpaired) electrons. The van der Waals surface area contributed by atoms with Gasteiger partial charge in [-0.25, -0.2) is 4.39 Å². The van der Waals surface area contributed by atoms with Gasteiger partial charge in [0, 0.05) is 24.0 Å². The molecule has 110 valence electrons. The van der Waals surface area contributed by atoms with Crippen LogP contribution < -0.4 is 0 Å². The van der Waals surface area contributed by atoms with Gasteiger partial charge in [-0.1, -0.05) is 15.9 Å². The first-order chi connectivity index (χ1) is 9.37. The van der Waals surface area contributed by atoms with Crippen LogP contribution in [0.5, 0.6) is 0 Å². The Kier molecular flexibility index (Phi) is 4.81. The second-order valence-corrected chi connectivity index (χ2v) is 6.51. The molecule has 5 heteroatoms. The van der Waals surface area contributed by atoms with Gasteiger partial charge in [-0.3, -0.25) is 4.79 Å². The van der Waals surface area contributed by atoms with E-state index >= 15 is 0 Å². The molecule has 2 rings (SSSR count). The normalized spacial score (nSPS) is 22.9. The van der Waals surface area contributed by atoms with Crippen molar-refractivity contribution >= 4 is 21.8 Å². The molecule has 1 aliphatic rings. The maximum absolute atomic E-state index is 13.2. The Morgan fingerprint density at radius 3 is 3.00 bits per heavy atom. The van der Waals surface area contributed by atoms with Crippen molar-refractivity contribution in [3.05, 3.63) is 34.1 Å². The number of rotatable bonds is 3. The predicted octanol–water partition coefficient (Wildman–Crippen LogP) is 2.89. The Morgan fingerprint density at radius 2 is 2.30 bits per heavy atom. The van der Waals surface area contributed by atoms with Crippen molar-refractivity contribution in [2.45, 2.75) is 38.2 Å². The minimum absolute atomic E-state index is 0.0149. The number of piperidine rings is 1. The summed E-state index contributed by atoms with van der Waals surface area (Å²) < 4.78 is 14.0. The van der Waals surface area contributed by atoms with Crippen molar-refractivity contribution in [1.82, 2.24) is 4.90 Å². The highest BCUT2D eigenvalue weighted by Crippen LogP contribution is 2.23. The third-order valence-electron chi connectivity index (χ3n) is 3.64. The molecule has 1 heterocycles. The molecule has 1 fully saturated rings. The van der Waals surface area contributed by atoms with Gasteiger partial charge in [-0.2, -0.15) is 0 Å². The van der Waals surface area contributed by atoms with Crippen LogP contribution in [0.4, 0.5) is 4.39 Å². The number of β-amino-alcohol motifs (C(OH)–C–C–N with tert-alkyl or cyclic N) is 1. The highest BCUT2D eigenvalue weighted by atomic mass is 79.9. The van der Waals surface area contributed by atoms with E-state index in [0.29, 0.717) is 25.9 Å². The number of aliphatic hydroxyl groups is 1. The van der Waals surface area contributed by atoms with E-state index in [1.54, 1.807) is 17.9 Å². The van der Waals surface area contributed by atoms with Crippen molar-refractivity contribution in [3.8, 4) is 0 Å².